The molecule has 0 spiro atoms. The fourth-order valence-electron chi connectivity index (χ4n) is 2.15. The summed E-state index contributed by atoms with van der Waals surface area (Å²) in [5, 5.41) is 11.9. The summed E-state index contributed by atoms with van der Waals surface area (Å²) in [6.45, 7) is 3.44. The molecule has 128 valence electrons. The molecule has 0 fully saturated rings. The van der Waals surface area contributed by atoms with Crippen LogP contribution in [0.5, 0.6) is 17.2 Å². The summed E-state index contributed by atoms with van der Waals surface area (Å²) in [6, 6.07) is 2.29. The molecule has 0 bridgehead atoms. The molecule has 2 N–H and O–H groups in total. The maximum Gasteiger partial charge on any atom is 0.320 e. The van der Waals surface area contributed by atoms with Crippen LogP contribution in [0, 0.1) is 5.92 Å². The van der Waals surface area contributed by atoms with Crippen molar-refractivity contribution in [1.29, 1.82) is 0 Å². The smallest absolute Gasteiger partial charge is 0.320 e. The molecular formula is C16H23NO6. The average Bonchev–Trinajstić information content (AvgIpc) is 2.52. The summed E-state index contributed by atoms with van der Waals surface area (Å²) in [5.74, 6) is -0.262. The summed E-state index contributed by atoms with van der Waals surface area (Å²) in [6.07, 6.45) is 0. The molecule has 0 amide bonds. The van der Waals surface area contributed by atoms with Crippen LogP contribution in [-0.4, -0.2) is 50.8 Å². The van der Waals surface area contributed by atoms with E-state index in [9.17, 15) is 9.59 Å². The van der Waals surface area contributed by atoms with Crippen LogP contribution in [0.3, 0.4) is 0 Å². The topological polar surface area (TPSA) is 94.1 Å². The van der Waals surface area contributed by atoms with Crippen LogP contribution < -0.4 is 19.5 Å². The van der Waals surface area contributed by atoms with Crippen molar-refractivity contribution in [3.63, 3.8) is 0 Å². The van der Waals surface area contributed by atoms with Gasteiger partial charge in [0.05, 0.1) is 27.9 Å². The van der Waals surface area contributed by atoms with E-state index in [2.05, 4.69) is 5.32 Å². The number of ether oxygens (including phenoxy) is 3. The van der Waals surface area contributed by atoms with E-state index in [-0.39, 0.29) is 18.2 Å². The number of ketones is 1. The number of methoxy groups -OCH3 is 3. The Morgan fingerprint density at radius 3 is 1.96 bits per heavy atom. The van der Waals surface area contributed by atoms with Gasteiger partial charge < -0.3 is 19.3 Å². The average molecular weight is 325 g/mol. The number of carbonyl (C=O) groups is 2. The van der Waals surface area contributed by atoms with Gasteiger partial charge in [-0.05, 0) is 18.1 Å². The van der Waals surface area contributed by atoms with Gasteiger partial charge >= 0.3 is 5.97 Å². The van der Waals surface area contributed by atoms with Crippen LogP contribution in [0.25, 0.3) is 0 Å². The number of Topliss-reactive ketones (excluding diaryl/α,β-unsaturated/α-hetero) is 1. The van der Waals surface area contributed by atoms with E-state index in [4.69, 9.17) is 19.3 Å². The molecule has 0 saturated heterocycles. The highest BCUT2D eigenvalue weighted by molar-refractivity contribution is 5.99. The molecule has 0 radical (unpaired) electrons. The number of hydrogen-bond donors (Lipinski definition) is 2. The van der Waals surface area contributed by atoms with Gasteiger partial charge in [-0.2, -0.15) is 0 Å². The largest absolute Gasteiger partial charge is 0.493 e. The van der Waals surface area contributed by atoms with E-state index in [1.54, 1.807) is 13.8 Å². The number of benzene rings is 1. The van der Waals surface area contributed by atoms with E-state index < -0.39 is 12.0 Å². The number of hydrogen-bond acceptors (Lipinski definition) is 6. The van der Waals surface area contributed by atoms with Gasteiger partial charge in [-0.1, -0.05) is 13.8 Å². The number of nitrogens with one attached hydrogen (secondary N) is 1. The lowest BCUT2D eigenvalue weighted by atomic mass is 10.0. The highest BCUT2D eigenvalue weighted by Crippen LogP contribution is 2.38. The third kappa shape index (κ3) is 4.59. The van der Waals surface area contributed by atoms with Crippen molar-refractivity contribution in [1.82, 2.24) is 5.32 Å². The highest BCUT2D eigenvalue weighted by Gasteiger charge is 2.23. The molecule has 0 aromatic heterocycles. The van der Waals surface area contributed by atoms with Crippen molar-refractivity contribution in [2.24, 2.45) is 5.92 Å². The third-order valence-electron chi connectivity index (χ3n) is 3.40. The second-order valence-corrected chi connectivity index (χ2v) is 5.28. The standard InChI is InChI=1S/C16H23NO6/c1-9(2)14(16(19)20)17-8-11(18)10-6-12(21-3)15(23-5)13(7-10)22-4/h6-7,9,14,17H,8H2,1-5H3,(H,19,20). The van der Waals surface area contributed by atoms with Crippen LogP contribution in [0.15, 0.2) is 12.1 Å². The van der Waals surface area contributed by atoms with E-state index in [1.165, 1.54) is 33.5 Å². The van der Waals surface area contributed by atoms with Gasteiger partial charge in [-0.25, -0.2) is 0 Å². The van der Waals surface area contributed by atoms with E-state index >= 15 is 0 Å². The molecular weight excluding hydrogens is 302 g/mol. The van der Waals surface area contributed by atoms with Gasteiger partial charge in [0, 0.05) is 5.56 Å². The number of carboxylic acids is 1. The lowest BCUT2D eigenvalue weighted by Gasteiger charge is -2.18. The zero-order chi connectivity index (χ0) is 17.6. The molecule has 1 rings (SSSR count). The molecule has 7 nitrogen and oxygen atoms in total. The number of aliphatic carboxylic acids is 1. The monoisotopic (exact) mass is 325 g/mol. The van der Waals surface area contributed by atoms with Crippen molar-refractivity contribution < 1.29 is 28.9 Å². The Morgan fingerprint density at radius 1 is 1.09 bits per heavy atom. The van der Waals surface area contributed by atoms with Crippen molar-refractivity contribution in [3.05, 3.63) is 17.7 Å². The minimum Gasteiger partial charge on any atom is -0.493 e. The Hall–Kier alpha value is -2.28. The minimum atomic E-state index is -0.988. The summed E-state index contributed by atoms with van der Waals surface area (Å²) in [7, 11) is 4.40. The van der Waals surface area contributed by atoms with Crippen LogP contribution in [0.1, 0.15) is 24.2 Å². The molecule has 1 aromatic rings. The maximum atomic E-state index is 12.3. The number of rotatable bonds is 9. The van der Waals surface area contributed by atoms with Crippen LogP contribution in [0.4, 0.5) is 0 Å². The summed E-state index contributed by atoms with van der Waals surface area (Å²) < 4.78 is 15.6. The Balaban J connectivity index is 2.98. The van der Waals surface area contributed by atoms with E-state index in [0.29, 0.717) is 22.8 Å². The summed E-state index contributed by atoms with van der Waals surface area (Å²) in [4.78, 5) is 23.5. The Labute approximate surface area is 135 Å². The fraction of sp³-hybridized carbons (Fsp3) is 0.500. The number of carboxylic acid groups (broad SMARTS) is 1. The van der Waals surface area contributed by atoms with Gasteiger partial charge in [-0.15, -0.1) is 0 Å². The molecule has 0 heterocycles. The highest BCUT2D eigenvalue weighted by atomic mass is 16.5. The minimum absolute atomic E-state index is 0.103. The van der Waals surface area contributed by atoms with Crippen molar-refractivity contribution in [2.45, 2.75) is 19.9 Å². The van der Waals surface area contributed by atoms with Gasteiger partial charge in [0.1, 0.15) is 6.04 Å². The first-order valence-corrected chi connectivity index (χ1v) is 7.15. The van der Waals surface area contributed by atoms with Crippen molar-refractivity contribution in [2.75, 3.05) is 27.9 Å². The van der Waals surface area contributed by atoms with Gasteiger partial charge in [-0.3, -0.25) is 14.9 Å². The Morgan fingerprint density at radius 2 is 1.61 bits per heavy atom. The van der Waals surface area contributed by atoms with Crippen LogP contribution in [0.2, 0.25) is 0 Å². The fourth-order valence-corrected chi connectivity index (χ4v) is 2.15. The van der Waals surface area contributed by atoms with Crippen LogP contribution >= 0.6 is 0 Å². The Kier molecular flexibility index (Phi) is 6.84. The van der Waals surface area contributed by atoms with Crippen molar-refractivity contribution >= 4 is 11.8 Å². The molecule has 0 aliphatic rings. The molecule has 7 heteroatoms. The van der Waals surface area contributed by atoms with Gasteiger partial charge in [0.25, 0.3) is 0 Å². The molecule has 0 aliphatic carbocycles. The summed E-state index contributed by atoms with van der Waals surface area (Å²) >= 11 is 0. The first-order valence-electron chi connectivity index (χ1n) is 7.15. The van der Waals surface area contributed by atoms with Gasteiger partial charge in [0.2, 0.25) is 5.75 Å². The van der Waals surface area contributed by atoms with Crippen molar-refractivity contribution in [3.8, 4) is 17.2 Å². The van der Waals surface area contributed by atoms with E-state index in [0.717, 1.165) is 0 Å². The molecule has 23 heavy (non-hydrogen) atoms. The molecule has 1 unspecified atom stereocenters. The molecule has 1 aromatic carbocycles. The van der Waals surface area contributed by atoms with E-state index in [1.807, 2.05) is 0 Å². The lowest BCUT2D eigenvalue weighted by Crippen LogP contribution is -2.43. The zero-order valence-electron chi connectivity index (χ0n) is 14.0. The lowest BCUT2D eigenvalue weighted by molar-refractivity contribution is -0.140. The molecule has 0 saturated carbocycles. The second kappa shape index (κ2) is 8.38. The van der Waals surface area contributed by atoms with Crippen LogP contribution in [-0.2, 0) is 4.79 Å². The summed E-state index contributed by atoms with van der Waals surface area (Å²) in [5.41, 5.74) is 0.347. The zero-order valence-corrected chi connectivity index (χ0v) is 14.0. The third-order valence-corrected chi connectivity index (χ3v) is 3.40. The predicted molar refractivity (Wildman–Crippen MR) is 84.7 cm³/mol. The quantitative estimate of drug-likeness (QED) is 0.666. The number of carbonyl (C=O) groups excluding carboxylic acids is 1. The SMILES string of the molecule is COc1cc(C(=O)CNC(C(=O)O)C(C)C)cc(OC)c1OC. The first kappa shape index (κ1) is 18.8. The van der Waals surface area contributed by atoms with Gasteiger partial charge in [0.15, 0.2) is 17.3 Å². The predicted octanol–water partition coefficient (Wildman–Crippen LogP) is 1.59. The molecule has 1 atom stereocenters. The first-order chi connectivity index (χ1) is 10.8. The molecule has 0 aliphatic heterocycles. The Bertz CT molecular complexity index is 545. The normalized spacial score (nSPS) is 11.9. The second-order valence-electron chi connectivity index (χ2n) is 5.28. The maximum absolute atomic E-state index is 12.3.